The van der Waals surface area contributed by atoms with Crippen molar-refractivity contribution in [3.05, 3.63) is 48.5 Å². The molecule has 1 aromatic heterocycles. The Hall–Kier alpha value is -4.03. The molecule has 2 aromatic carbocycles. The Bertz CT molecular complexity index is 1510. The summed E-state index contributed by atoms with van der Waals surface area (Å²) in [7, 11) is 0. The summed E-state index contributed by atoms with van der Waals surface area (Å²) >= 11 is 0. The summed E-state index contributed by atoms with van der Waals surface area (Å²) in [6.45, 7) is 4.73. The van der Waals surface area contributed by atoms with Crippen molar-refractivity contribution < 1.29 is 29.0 Å². The SMILES string of the molecule is CCOc1ccc(NC(=O)[C@H]2[C@H]3C(=O)N(CCCCO)C(C(=O)NCn4nnc5ccccc54)C34CC[C@]2(CC)O4)cc1. The van der Waals surface area contributed by atoms with Crippen molar-refractivity contribution in [2.24, 2.45) is 11.8 Å². The second kappa shape index (κ2) is 11.6. The zero-order chi connectivity index (χ0) is 30.2. The number of aliphatic hydroxyl groups is 1. The average molecular weight is 591 g/mol. The second-order valence-electron chi connectivity index (χ2n) is 11.5. The van der Waals surface area contributed by atoms with Crippen LogP contribution in [0.3, 0.4) is 0 Å². The smallest absolute Gasteiger partial charge is 0.247 e. The van der Waals surface area contributed by atoms with Gasteiger partial charge in [0.25, 0.3) is 0 Å². The Labute approximate surface area is 249 Å². The van der Waals surface area contributed by atoms with E-state index >= 15 is 0 Å². The van der Waals surface area contributed by atoms with E-state index in [1.807, 2.05) is 38.1 Å². The number of anilines is 1. The molecule has 5 atom stereocenters. The standard InChI is InChI=1S/C31H38N6O6/c1-3-30-15-16-31(43-30)25(24(30)27(39)33-20-11-13-21(14-12-20)42-4-2)29(41)36(17-7-8-18-38)26(31)28(40)32-19-37-23-10-6-5-9-22(23)34-35-37/h5-6,9-14,24-26,38H,3-4,7-8,15-19H2,1-2H3,(H,32,40)(H,33,39)/t24-,25+,26?,30+,31?/m1/s1. The summed E-state index contributed by atoms with van der Waals surface area (Å²) < 4.78 is 13.9. The van der Waals surface area contributed by atoms with E-state index in [9.17, 15) is 19.5 Å². The molecule has 3 aromatic rings. The van der Waals surface area contributed by atoms with Gasteiger partial charge in [-0.25, -0.2) is 4.68 Å². The third kappa shape index (κ3) is 4.82. The number of amides is 3. The third-order valence-electron chi connectivity index (χ3n) is 9.27. The molecular formula is C31H38N6O6. The van der Waals surface area contributed by atoms with Gasteiger partial charge in [0.05, 0.1) is 29.6 Å². The van der Waals surface area contributed by atoms with E-state index < -0.39 is 29.1 Å². The van der Waals surface area contributed by atoms with Crippen LogP contribution in [0.5, 0.6) is 5.75 Å². The Kier molecular flexibility index (Phi) is 7.82. The summed E-state index contributed by atoms with van der Waals surface area (Å²) in [5.41, 5.74) is 0.0854. The minimum absolute atomic E-state index is 0.0185. The van der Waals surface area contributed by atoms with Crippen molar-refractivity contribution in [3.8, 4) is 5.75 Å². The van der Waals surface area contributed by atoms with Crippen molar-refractivity contribution in [1.82, 2.24) is 25.2 Å². The molecule has 1 spiro atoms. The van der Waals surface area contributed by atoms with Crippen LogP contribution >= 0.6 is 0 Å². The highest BCUT2D eigenvalue weighted by Crippen LogP contribution is 2.64. The number of carbonyl (C=O) groups excluding carboxylic acids is 3. The van der Waals surface area contributed by atoms with Gasteiger partial charge >= 0.3 is 0 Å². The number of nitrogens with one attached hydrogen (secondary N) is 2. The van der Waals surface area contributed by atoms with Crippen LogP contribution in [0.1, 0.15) is 46.0 Å². The van der Waals surface area contributed by atoms with Gasteiger partial charge < -0.3 is 30.1 Å². The highest BCUT2D eigenvalue weighted by Gasteiger charge is 2.78. The highest BCUT2D eigenvalue weighted by atomic mass is 16.5. The van der Waals surface area contributed by atoms with Crippen LogP contribution < -0.4 is 15.4 Å². The minimum Gasteiger partial charge on any atom is -0.494 e. The van der Waals surface area contributed by atoms with Crippen LogP contribution in [0.15, 0.2) is 48.5 Å². The van der Waals surface area contributed by atoms with Crippen LogP contribution in [-0.4, -0.2) is 79.7 Å². The highest BCUT2D eigenvalue weighted by molar-refractivity contribution is 6.02. The molecule has 12 nitrogen and oxygen atoms in total. The van der Waals surface area contributed by atoms with Crippen LogP contribution in [-0.2, 0) is 25.8 Å². The Morgan fingerprint density at radius 3 is 2.63 bits per heavy atom. The number of rotatable bonds is 12. The first-order valence-electron chi connectivity index (χ1n) is 15.1. The van der Waals surface area contributed by atoms with E-state index in [0.29, 0.717) is 55.7 Å². The Morgan fingerprint density at radius 1 is 1.09 bits per heavy atom. The number of aliphatic hydroxyl groups excluding tert-OH is 1. The van der Waals surface area contributed by atoms with Gasteiger partial charge in [0.1, 0.15) is 29.6 Å². The first-order valence-corrected chi connectivity index (χ1v) is 15.1. The molecule has 43 heavy (non-hydrogen) atoms. The van der Waals surface area contributed by atoms with Gasteiger partial charge in [-0.1, -0.05) is 24.3 Å². The quantitative estimate of drug-likeness (QED) is 0.273. The number of hydrogen-bond acceptors (Lipinski definition) is 8. The van der Waals surface area contributed by atoms with Crippen molar-refractivity contribution in [1.29, 1.82) is 0 Å². The second-order valence-corrected chi connectivity index (χ2v) is 11.5. The van der Waals surface area contributed by atoms with Crippen molar-refractivity contribution in [3.63, 3.8) is 0 Å². The molecule has 12 heteroatoms. The van der Waals surface area contributed by atoms with E-state index in [1.54, 1.807) is 33.8 Å². The lowest BCUT2D eigenvalue weighted by atomic mass is 9.65. The summed E-state index contributed by atoms with van der Waals surface area (Å²) in [4.78, 5) is 43.8. The van der Waals surface area contributed by atoms with E-state index in [0.717, 1.165) is 5.52 Å². The van der Waals surface area contributed by atoms with Gasteiger partial charge in [0.2, 0.25) is 17.7 Å². The van der Waals surface area contributed by atoms with E-state index in [1.165, 1.54) is 0 Å². The van der Waals surface area contributed by atoms with Crippen LogP contribution in [0, 0.1) is 11.8 Å². The van der Waals surface area contributed by atoms with Crippen LogP contribution in [0.25, 0.3) is 11.0 Å². The number of para-hydroxylation sites is 1. The van der Waals surface area contributed by atoms with Gasteiger partial charge in [-0.05, 0) is 75.4 Å². The van der Waals surface area contributed by atoms with Gasteiger partial charge in [0.15, 0.2) is 0 Å². The van der Waals surface area contributed by atoms with Crippen molar-refractivity contribution in [2.45, 2.75) is 69.9 Å². The number of likely N-dealkylation sites (tertiary alicyclic amines) is 1. The minimum atomic E-state index is -1.14. The van der Waals surface area contributed by atoms with Crippen molar-refractivity contribution in [2.75, 3.05) is 25.1 Å². The van der Waals surface area contributed by atoms with Gasteiger partial charge in [-0.2, -0.15) is 0 Å². The Morgan fingerprint density at radius 2 is 1.88 bits per heavy atom. The molecule has 3 fully saturated rings. The lowest BCUT2D eigenvalue weighted by Gasteiger charge is -2.34. The summed E-state index contributed by atoms with van der Waals surface area (Å²) in [6, 6.07) is 13.7. The third-order valence-corrected chi connectivity index (χ3v) is 9.27. The lowest BCUT2D eigenvalue weighted by Crippen LogP contribution is -2.55. The molecule has 2 unspecified atom stereocenters. The van der Waals surface area contributed by atoms with Crippen molar-refractivity contribution >= 4 is 34.4 Å². The van der Waals surface area contributed by atoms with Gasteiger partial charge in [0, 0.05) is 18.8 Å². The number of carbonyl (C=O) groups is 3. The number of benzene rings is 2. The number of fused-ring (bicyclic) bond motifs is 2. The molecule has 2 bridgehead atoms. The number of nitrogens with zero attached hydrogens (tertiary/aromatic N) is 4. The molecule has 4 heterocycles. The topological polar surface area (TPSA) is 148 Å². The molecule has 0 radical (unpaired) electrons. The molecule has 0 saturated carbocycles. The normalized spacial score (nSPS) is 27.5. The molecule has 3 amide bonds. The molecule has 3 aliphatic rings. The molecule has 228 valence electrons. The number of hydrogen-bond donors (Lipinski definition) is 3. The summed E-state index contributed by atoms with van der Waals surface area (Å²) in [5.74, 6) is -1.78. The fourth-order valence-corrected chi connectivity index (χ4v) is 7.36. The Balaban J connectivity index is 1.29. The fraction of sp³-hybridized carbons (Fsp3) is 0.516. The van der Waals surface area contributed by atoms with Crippen LogP contribution in [0.4, 0.5) is 5.69 Å². The first kappa shape index (κ1) is 29.1. The van der Waals surface area contributed by atoms with E-state index in [2.05, 4.69) is 20.9 Å². The maximum absolute atomic E-state index is 14.2. The molecular weight excluding hydrogens is 552 g/mol. The van der Waals surface area contributed by atoms with Gasteiger partial charge in [-0.15, -0.1) is 5.10 Å². The monoisotopic (exact) mass is 590 g/mol. The molecule has 0 aliphatic carbocycles. The maximum Gasteiger partial charge on any atom is 0.247 e. The number of ether oxygens (including phenoxy) is 2. The molecule has 3 aliphatic heterocycles. The zero-order valence-corrected chi connectivity index (χ0v) is 24.5. The zero-order valence-electron chi connectivity index (χ0n) is 24.5. The van der Waals surface area contributed by atoms with E-state index in [4.69, 9.17) is 9.47 Å². The summed E-state index contributed by atoms with van der Waals surface area (Å²) in [6.07, 6.45) is 2.60. The number of aromatic nitrogens is 3. The maximum atomic E-state index is 14.2. The van der Waals surface area contributed by atoms with E-state index in [-0.39, 0.29) is 37.5 Å². The lowest BCUT2D eigenvalue weighted by molar-refractivity contribution is -0.146. The van der Waals surface area contributed by atoms with Crippen LogP contribution in [0.2, 0.25) is 0 Å². The predicted molar refractivity (Wildman–Crippen MR) is 157 cm³/mol. The molecule has 6 rings (SSSR count). The molecule has 3 N–H and O–H groups in total. The molecule has 3 saturated heterocycles. The van der Waals surface area contributed by atoms with Gasteiger partial charge in [-0.3, -0.25) is 14.4 Å². The predicted octanol–water partition coefficient (Wildman–Crippen LogP) is 2.47. The fourth-order valence-electron chi connectivity index (χ4n) is 7.36. The largest absolute Gasteiger partial charge is 0.494 e. The summed E-state index contributed by atoms with van der Waals surface area (Å²) in [5, 5.41) is 23.7. The first-order chi connectivity index (χ1) is 20.9. The average Bonchev–Trinajstić information content (AvgIpc) is 3.74. The number of unbranched alkanes of at least 4 members (excludes halogenated alkanes) is 1.